The Bertz CT molecular complexity index is 600. The van der Waals surface area contributed by atoms with Crippen molar-refractivity contribution >= 4 is 5.91 Å². The summed E-state index contributed by atoms with van der Waals surface area (Å²) in [6.07, 6.45) is 6.56. The molecule has 2 aromatic heterocycles. The van der Waals surface area contributed by atoms with Crippen LogP contribution < -0.4 is 5.32 Å². The minimum absolute atomic E-state index is 0.0395. The van der Waals surface area contributed by atoms with Crippen LogP contribution in [0.4, 0.5) is 0 Å². The molecule has 0 spiro atoms. The molecule has 1 aliphatic heterocycles. The first kappa shape index (κ1) is 14.7. The highest BCUT2D eigenvalue weighted by Gasteiger charge is 2.33. The molecule has 1 aliphatic rings. The summed E-state index contributed by atoms with van der Waals surface area (Å²) >= 11 is 0. The van der Waals surface area contributed by atoms with Crippen LogP contribution in [0, 0.1) is 5.92 Å². The maximum Gasteiger partial charge on any atom is 0.251 e. The van der Waals surface area contributed by atoms with Crippen molar-refractivity contribution in [2.45, 2.75) is 12.6 Å². The summed E-state index contributed by atoms with van der Waals surface area (Å²) in [6.45, 7) is 2.29. The lowest BCUT2D eigenvalue weighted by Gasteiger charge is -2.18. The van der Waals surface area contributed by atoms with Gasteiger partial charge < -0.3 is 14.8 Å². The highest BCUT2D eigenvalue weighted by atomic mass is 16.3. The lowest BCUT2D eigenvalue weighted by atomic mass is 10.0. The van der Waals surface area contributed by atoms with Crippen LogP contribution >= 0.6 is 0 Å². The Morgan fingerprint density at radius 1 is 1.36 bits per heavy atom. The SMILES string of the molecule is O=C(N[C@@H]1CN(Cc2ccoc2)C[C@H]1CO)c1ccncc1. The molecule has 3 heterocycles. The molecule has 2 atom stereocenters. The Morgan fingerprint density at radius 2 is 2.18 bits per heavy atom. The number of rotatable bonds is 5. The van der Waals surface area contributed by atoms with E-state index in [4.69, 9.17) is 4.42 Å². The van der Waals surface area contributed by atoms with Gasteiger partial charge in [0.05, 0.1) is 12.5 Å². The quantitative estimate of drug-likeness (QED) is 0.858. The zero-order valence-electron chi connectivity index (χ0n) is 12.2. The van der Waals surface area contributed by atoms with Gasteiger partial charge in [0.2, 0.25) is 0 Å². The van der Waals surface area contributed by atoms with Gasteiger partial charge in [-0.05, 0) is 18.2 Å². The average Bonchev–Trinajstić information content (AvgIpc) is 3.18. The smallest absolute Gasteiger partial charge is 0.251 e. The van der Waals surface area contributed by atoms with Gasteiger partial charge in [0.25, 0.3) is 5.91 Å². The van der Waals surface area contributed by atoms with Crippen LogP contribution in [0.3, 0.4) is 0 Å². The average molecular weight is 301 g/mol. The van der Waals surface area contributed by atoms with Gasteiger partial charge in [-0.25, -0.2) is 0 Å². The highest BCUT2D eigenvalue weighted by molar-refractivity contribution is 5.94. The molecule has 1 fully saturated rings. The lowest BCUT2D eigenvalue weighted by molar-refractivity contribution is 0.0921. The summed E-state index contributed by atoms with van der Waals surface area (Å²) in [5, 5.41) is 12.6. The first-order valence-corrected chi connectivity index (χ1v) is 7.31. The number of amides is 1. The number of hydrogen-bond donors (Lipinski definition) is 2. The van der Waals surface area contributed by atoms with Gasteiger partial charge in [0.15, 0.2) is 0 Å². The van der Waals surface area contributed by atoms with Gasteiger partial charge in [-0.1, -0.05) is 0 Å². The Labute approximate surface area is 128 Å². The normalized spacial score (nSPS) is 21.9. The fourth-order valence-electron chi connectivity index (χ4n) is 2.83. The molecule has 3 rings (SSSR count). The van der Waals surface area contributed by atoms with E-state index in [1.807, 2.05) is 6.07 Å². The van der Waals surface area contributed by atoms with E-state index >= 15 is 0 Å². The Morgan fingerprint density at radius 3 is 2.86 bits per heavy atom. The molecule has 22 heavy (non-hydrogen) atoms. The fourth-order valence-corrected chi connectivity index (χ4v) is 2.83. The van der Waals surface area contributed by atoms with E-state index in [0.717, 1.165) is 18.7 Å². The summed E-state index contributed by atoms with van der Waals surface area (Å²) in [5.41, 5.74) is 1.68. The van der Waals surface area contributed by atoms with Gasteiger partial charge in [0, 0.05) is 61.7 Å². The van der Waals surface area contributed by atoms with E-state index in [1.165, 1.54) is 0 Å². The van der Waals surface area contributed by atoms with Crippen molar-refractivity contribution in [1.29, 1.82) is 0 Å². The summed E-state index contributed by atoms with van der Waals surface area (Å²) in [7, 11) is 0. The van der Waals surface area contributed by atoms with E-state index in [0.29, 0.717) is 12.1 Å². The Hall–Kier alpha value is -2.18. The van der Waals surface area contributed by atoms with Gasteiger partial charge in [-0.3, -0.25) is 14.7 Å². The number of carbonyl (C=O) groups excluding carboxylic acids is 1. The van der Waals surface area contributed by atoms with Crippen molar-refractivity contribution in [3.63, 3.8) is 0 Å². The molecule has 116 valence electrons. The second kappa shape index (κ2) is 6.72. The second-order valence-corrected chi connectivity index (χ2v) is 5.58. The predicted octanol–water partition coefficient (Wildman–Crippen LogP) is 0.897. The van der Waals surface area contributed by atoms with Crippen LogP contribution in [0.1, 0.15) is 15.9 Å². The lowest BCUT2D eigenvalue weighted by Crippen LogP contribution is -2.41. The van der Waals surface area contributed by atoms with Crippen molar-refractivity contribution in [3.05, 3.63) is 54.2 Å². The first-order chi connectivity index (χ1) is 10.8. The van der Waals surface area contributed by atoms with Gasteiger partial charge in [-0.2, -0.15) is 0 Å². The first-order valence-electron chi connectivity index (χ1n) is 7.31. The minimum atomic E-state index is -0.129. The zero-order chi connectivity index (χ0) is 15.4. The third-order valence-corrected chi connectivity index (χ3v) is 4.00. The summed E-state index contributed by atoms with van der Waals surface area (Å²) < 4.78 is 5.08. The molecule has 0 saturated carbocycles. The zero-order valence-corrected chi connectivity index (χ0v) is 12.2. The molecule has 2 aromatic rings. The maximum atomic E-state index is 12.2. The molecule has 0 aromatic carbocycles. The van der Waals surface area contributed by atoms with Crippen molar-refractivity contribution in [3.8, 4) is 0 Å². The monoisotopic (exact) mass is 301 g/mol. The van der Waals surface area contributed by atoms with Gasteiger partial charge >= 0.3 is 0 Å². The number of pyridine rings is 1. The van der Waals surface area contributed by atoms with Crippen molar-refractivity contribution in [2.24, 2.45) is 5.92 Å². The number of aromatic nitrogens is 1. The summed E-state index contributed by atoms with van der Waals surface area (Å²) in [5.74, 6) is -0.0892. The van der Waals surface area contributed by atoms with Crippen LogP contribution in [0.25, 0.3) is 0 Å². The van der Waals surface area contributed by atoms with Gasteiger partial charge in [0.1, 0.15) is 0 Å². The molecule has 6 nitrogen and oxygen atoms in total. The maximum absolute atomic E-state index is 12.2. The predicted molar refractivity (Wildman–Crippen MR) is 80.1 cm³/mol. The van der Waals surface area contributed by atoms with E-state index < -0.39 is 0 Å². The molecule has 0 radical (unpaired) electrons. The van der Waals surface area contributed by atoms with Crippen LogP contribution in [0.15, 0.2) is 47.5 Å². The van der Waals surface area contributed by atoms with E-state index in [9.17, 15) is 9.90 Å². The Balaban J connectivity index is 1.61. The number of hydrogen-bond acceptors (Lipinski definition) is 5. The largest absolute Gasteiger partial charge is 0.472 e. The van der Waals surface area contributed by atoms with Gasteiger partial charge in [-0.15, -0.1) is 0 Å². The molecular weight excluding hydrogens is 282 g/mol. The number of carbonyl (C=O) groups is 1. The topological polar surface area (TPSA) is 78.6 Å². The summed E-state index contributed by atoms with van der Waals surface area (Å²) in [6, 6.07) is 5.23. The van der Waals surface area contributed by atoms with Crippen molar-refractivity contribution in [2.75, 3.05) is 19.7 Å². The minimum Gasteiger partial charge on any atom is -0.472 e. The van der Waals surface area contributed by atoms with E-state index in [2.05, 4.69) is 15.2 Å². The molecular formula is C16H19N3O3. The number of furan rings is 1. The summed E-state index contributed by atoms with van der Waals surface area (Å²) in [4.78, 5) is 18.4. The van der Waals surface area contributed by atoms with Crippen molar-refractivity contribution in [1.82, 2.24) is 15.2 Å². The third kappa shape index (κ3) is 3.35. The number of aliphatic hydroxyl groups excluding tert-OH is 1. The molecule has 0 unspecified atom stereocenters. The van der Waals surface area contributed by atoms with Crippen LogP contribution in [0.5, 0.6) is 0 Å². The molecule has 1 saturated heterocycles. The molecule has 0 bridgehead atoms. The number of nitrogens with zero attached hydrogens (tertiary/aromatic N) is 2. The van der Waals surface area contributed by atoms with Crippen LogP contribution in [-0.4, -0.2) is 46.6 Å². The molecule has 2 N–H and O–H groups in total. The van der Waals surface area contributed by atoms with Crippen LogP contribution in [-0.2, 0) is 6.54 Å². The standard InChI is InChI=1S/C16H19N3O3/c20-10-14-8-19(7-12-3-6-22-11-12)9-15(14)18-16(21)13-1-4-17-5-2-13/h1-6,11,14-15,20H,7-10H2,(H,18,21)/t14-,15+/m0/s1. The molecule has 6 heteroatoms. The number of nitrogens with one attached hydrogen (secondary N) is 1. The molecule has 1 amide bonds. The second-order valence-electron chi connectivity index (χ2n) is 5.58. The fraction of sp³-hybridized carbons (Fsp3) is 0.375. The number of aliphatic hydroxyl groups is 1. The third-order valence-electron chi connectivity index (χ3n) is 4.00. The molecule has 0 aliphatic carbocycles. The number of likely N-dealkylation sites (tertiary alicyclic amines) is 1. The van der Waals surface area contributed by atoms with Crippen molar-refractivity contribution < 1.29 is 14.3 Å². The van der Waals surface area contributed by atoms with E-state index in [-0.39, 0.29) is 24.5 Å². The highest BCUT2D eigenvalue weighted by Crippen LogP contribution is 2.19. The Kier molecular flexibility index (Phi) is 4.50. The van der Waals surface area contributed by atoms with Crippen LogP contribution in [0.2, 0.25) is 0 Å². The van der Waals surface area contributed by atoms with E-state index in [1.54, 1.807) is 37.1 Å².